The Morgan fingerprint density at radius 1 is 1.35 bits per heavy atom. The third-order valence-electron chi connectivity index (χ3n) is 4.64. The zero-order valence-corrected chi connectivity index (χ0v) is 14.1. The predicted octanol–water partition coefficient (Wildman–Crippen LogP) is 2.22. The fraction of sp³-hybridized carbons (Fsp3) is 0.222. The van der Waals surface area contributed by atoms with Crippen LogP contribution in [0.25, 0.3) is 17.1 Å². The number of aromatic nitrogens is 5. The van der Waals surface area contributed by atoms with Gasteiger partial charge >= 0.3 is 0 Å². The van der Waals surface area contributed by atoms with Gasteiger partial charge in [0.1, 0.15) is 5.69 Å². The number of furan rings is 1. The number of fused-ring (bicyclic) bond motifs is 3. The van der Waals surface area contributed by atoms with Gasteiger partial charge in [0, 0.05) is 43.4 Å². The van der Waals surface area contributed by atoms with Gasteiger partial charge in [0.2, 0.25) is 0 Å². The molecule has 0 atom stereocenters. The molecule has 1 N–H and O–H groups in total. The number of carbonyl (C=O) groups is 1. The van der Waals surface area contributed by atoms with Crippen molar-refractivity contribution in [2.75, 3.05) is 6.54 Å². The summed E-state index contributed by atoms with van der Waals surface area (Å²) in [5.74, 6) is 0.544. The zero-order chi connectivity index (χ0) is 17.7. The second-order valence-electron chi connectivity index (χ2n) is 6.41. The quantitative estimate of drug-likeness (QED) is 0.600. The maximum atomic E-state index is 12.8. The number of hydrogen-bond acceptors (Lipinski definition) is 5. The maximum absolute atomic E-state index is 12.8. The highest BCUT2D eigenvalue weighted by Crippen LogP contribution is 2.23. The number of rotatable bonds is 2. The van der Waals surface area contributed by atoms with E-state index in [1.54, 1.807) is 23.3 Å². The number of nitrogens with zero attached hydrogens (tertiary/aromatic N) is 5. The molecule has 0 saturated carbocycles. The van der Waals surface area contributed by atoms with E-state index in [-0.39, 0.29) is 5.91 Å². The van der Waals surface area contributed by atoms with Gasteiger partial charge in [0.05, 0.1) is 17.7 Å². The van der Waals surface area contributed by atoms with E-state index in [9.17, 15) is 4.79 Å². The molecular formula is C18H16N6O2. The minimum Gasteiger partial charge on any atom is -0.463 e. The van der Waals surface area contributed by atoms with Crippen molar-refractivity contribution in [3.8, 4) is 11.5 Å². The molecule has 1 aliphatic heterocycles. The molecule has 4 aromatic heterocycles. The Bertz CT molecular complexity index is 1110. The summed E-state index contributed by atoms with van der Waals surface area (Å²) in [7, 11) is 0. The summed E-state index contributed by atoms with van der Waals surface area (Å²) in [6.45, 7) is 3.07. The van der Waals surface area contributed by atoms with Crippen LogP contribution in [0.15, 0.2) is 41.1 Å². The van der Waals surface area contributed by atoms with Gasteiger partial charge in [-0.05, 0) is 19.1 Å². The average molecular weight is 348 g/mol. The number of nitrogens with one attached hydrogen (secondary N) is 1. The molecule has 8 heteroatoms. The van der Waals surface area contributed by atoms with Crippen LogP contribution in [0, 0.1) is 6.92 Å². The molecule has 0 bridgehead atoms. The third-order valence-corrected chi connectivity index (χ3v) is 4.64. The molecule has 1 aliphatic rings. The van der Waals surface area contributed by atoms with Crippen LogP contribution in [0.1, 0.15) is 27.4 Å². The number of hydrogen-bond donors (Lipinski definition) is 1. The summed E-state index contributed by atoms with van der Waals surface area (Å²) in [5.41, 5.74) is 4.98. The maximum Gasteiger partial charge on any atom is 0.274 e. The van der Waals surface area contributed by atoms with E-state index in [1.807, 2.05) is 29.8 Å². The molecular weight excluding hydrogens is 332 g/mol. The number of aryl methyl sites for hydroxylation is 1. The van der Waals surface area contributed by atoms with Gasteiger partial charge in [-0.15, -0.1) is 0 Å². The molecule has 0 spiro atoms. The summed E-state index contributed by atoms with van der Waals surface area (Å²) < 4.78 is 7.22. The Balaban J connectivity index is 1.42. The molecule has 1 amide bonds. The molecule has 4 aromatic rings. The lowest BCUT2D eigenvalue weighted by Gasteiger charge is -2.28. The van der Waals surface area contributed by atoms with Crippen molar-refractivity contribution in [3.05, 3.63) is 59.4 Å². The van der Waals surface area contributed by atoms with Crippen molar-refractivity contribution >= 4 is 11.6 Å². The van der Waals surface area contributed by atoms with E-state index >= 15 is 0 Å². The van der Waals surface area contributed by atoms with E-state index in [0.717, 1.165) is 29.0 Å². The largest absolute Gasteiger partial charge is 0.463 e. The van der Waals surface area contributed by atoms with Crippen LogP contribution in [0.5, 0.6) is 0 Å². The smallest absolute Gasteiger partial charge is 0.274 e. The summed E-state index contributed by atoms with van der Waals surface area (Å²) in [6.07, 6.45) is 4.16. The van der Waals surface area contributed by atoms with Crippen molar-refractivity contribution in [3.63, 3.8) is 0 Å². The summed E-state index contributed by atoms with van der Waals surface area (Å²) in [6, 6.07) is 7.29. The van der Waals surface area contributed by atoms with Crippen LogP contribution < -0.4 is 0 Å². The van der Waals surface area contributed by atoms with Gasteiger partial charge in [-0.3, -0.25) is 9.89 Å². The van der Waals surface area contributed by atoms with Crippen LogP contribution in [-0.4, -0.2) is 42.1 Å². The van der Waals surface area contributed by atoms with E-state index in [4.69, 9.17) is 4.42 Å². The fourth-order valence-corrected chi connectivity index (χ4v) is 3.38. The fourth-order valence-electron chi connectivity index (χ4n) is 3.38. The Kier molecular flexibility index (Phi) is 3.18. The van der Waals surface area contributed by atoms with Crippen LogP contribution in [0.2, 0.25) is 0 Å². The second kappa shape index (κ2) is 5.55. The highest BCUT2D eigenvalue weighted by Gasteiger charge is 2.26. The normalized spacial score (nSPS) is 14.0. The minimum atomic E-state index is -0.110. The van der Waals surface area contributed by atoms with Crippen LogP contribution in [0.3, 0.4) is 0 Å². The lowest BCUT2D eigenvalue weighted by molar-refractivity contribution is 0.0726. The van der Waals surface area contributed by atoms with Gasteiger partial charge in [-0.1, -0.05) is 0 Å². The van der Waals surface area contributed by atoms with E-state index < -0.39 is 0 Å². The van der Waals surface area contributed by atoms with Crippen molar-refractivity contribution in [1.82, 2.24) is 29.7 Å². The number of amides is 1. The molecule has 0 saturated heterocycles. The lowest BCUT2D eigenvalue weighted by atomic mass is 10.1. The molecule has 5 rings (SSSR count). The highest BCUT2D eigenvalue weighted by molar-refractivity contribution is 5.93. The first-order chi connectivity index (χ1) is 12.7. The molecule has 26 heavy (non-hydrogen) atoms. The summed E-state index contributed by atoms with van der Waals surface area (Å²) >= 11 is 0. The number of carbonyl (C=O) groups excluding carboxylic acids is 1. The molecule has 0 unspecified atom stereocenters. The van der Waals surface area contributed by atoms with Crippen molar-refractivity contribution in [1.29, 1.82) is 0 Å². The lowest BCUT2D eigenvalue weighted by Crippen LogP contribution is -2.37. The average Bonchev–Trinajstić information content (AvgIpc) is 3.39. The summed E-state index contributed by atoms with van der Waals surface area (Å²) in [4.78, 5) is 19.1. The van der Waals surface area contributed by atoms with Crippen molar-refractivity contribution in [2.45, 2.75) is 19.9 Å². The van der Waals surface area contributed by atoms with Crippen LogP contribution >= 0.6 is 0 Å². The first kappa shape index (κ1) is 14.9. The zero-order valence-electron chi connectivity index (χ0n) is 14.1. The molecule has 8 nitrogen and oxygen atoms in total. The number of H-pyrrole nitrogens is 1. The van der Waals surface area contributed by atoms with Gasteiger partial charge < -0.3 is 9.32 Å². The van der Waals surface area contributed by atoms with Gasteiger partial charge in [0.15, 0.2) is 17.1 Å². The monoisotopic (exact) mass is 348 g/mol. The van der Waals surface area contributed by atoms with Gasteiger partial charge in [-0.25, -0.2) is 9.50 Å². The summed E-state index contributed by atoms with van der Waals surface area (Å²) in [5, 5.41) is 11.5. The van der Waals surface area contributed by atoms with Crippen molar-refractivity contribution < 1.29 is 9.21 Å². The first-order valence-corrected chi connectivity index (χ1v) is 8.41. The highest BCUT2D eigenvalue weighted by atomic mass is 16.3. The predicted molar refractivity (Wildman–Crippen MR) is 92.5 cm³/mol. The Hall–Kier alpha value is -3.42. The Morgan fingerprint density at radius 3 is 3.12 bits per heavy atom. The van der Waals surface area contributed by atoms with Crippen LogP contribution in [0.4, 0.5) is 0 Å². The minimum absolute atomic E-state index is 0.110. The van der Waals surface area contributed by atoms with E-state index in [0.29, 0.717) is 30.2 Å². The van der Waals surface area contributed by atoms with E-state index in [1.165, 1.54) is 0 Å². The molecule has 0 aromatic carbocycles. The molecule has 0 aliphatic carbocycles. The number of aromatic amines is 1. The Morgan fingerprint density at radius 2 is 2.27 bits per heavy atom. The van der Waals surface area contributed by atoms with Gasteiger partial charge in [-0.2, -0.15) is 10.2 Å². The van der Waals surface area contributed by atoms with Crippen LogP contribution in [-0.2, 0) is 13.0 Å². The SMILES string of the molecule is Cc1cc2ncc3c(n2n1)CCN(C(=O)c1cc(-c2ccco2)[nH]n1)C3. The third kappa shape index (κ3) is 2.30. The van der Waals surface area contributed by atoms with Crippen molar-refractivity contribution in [2.24, 2.45) is 0 Å². The molecule has 5 heterocycles. The second-order valence-corrected chi connectivity index (χ2v) is 6.41. The Labute approximate surface area is 148 Å². The molecule has 0 fully saturated rings. The van der Waals surface area contributed by atoms with E-state index in [2.05, 4.69) is 20.3 Å². The molecule has 0 radical (unpaired) electrons. The van der Waals surface area contributed by atoms with Gasteiger partial charge in [0.25, 0.3) is 5.91 Å². The topological polar surface area (TPSA) is 92.3 Å². The molecule has 130 valence electrons. The first-order valence-electron chi connectivity index (χ1n) is 8.41. The standard InChI is InChI=1S/C18H16N6O2/c1-11-7-17-19-9-12-10-23(5-4-15(12)24(17)22-11)18(25)14-8-13(20-21-14)16-3-2-6-26-16/h2-3,6-9H,4-5,10H2,1H3,(H,20,21).